The lowest BCUT2D eigenvalue weighted by molar-refractivity contribution is -0.373. The summed E-state index contributed by atoms with van der Waals surface area (Å²) in [5.41, 5.74) is 1.57. The van der Waals surface area contributed by atoms with Crippen LogP contribution in [0.5, 0.6) is 0 Å². The monoisotopic (exact) mass is 902 g/mol. The minimum absolute atomic E-state index is 0.0928. The third kappa shape index (κ3) is 8.68. The number of ether oxygens (including phenoxy) is 7. The second kappa shape index (κ2) is 19.1. The Morgan fingerprint density at radius 1 is 0.635 bits per heavy atom. The Labute approximate surface area is 369 Å². The van der Waals surface area contributed by atoms with E-state index in [1.54, 1.807) is 0 Å². The third-order valence-corrected chi connectivity index (χ3v) is 17.4. The second-order valence-electron chi connectivity index (χ2n) is 20.9. The van der Waals surface area contributed by atoms with Crippen LogP contribution in [0.15, 0.2) is 11.3 Å². The van der Waals surface area contributed by atoms with E-state index in [4.69, 9.17) is 33.2 Å². The first-order valence-corrected chi connectivity index (χ1v) is 23.5. The van der Waals surface area contributed by atoms with E-state index in [1.165, 1.54) is 5.57 Å². The molecule has 4 saturated carbocycles. The van der Waals surface area contributed by atoms with Crippen LogP contribution in [0.25, 0.3) is 0 Å². The van der Waals surface area contributed by atoms with Gasteiger partial charge in [0.1, 0.15) is 79.4 Å². The summed E-state index contributed by atoms with van der Waals surface area (Å²) in [4.78, 5) is 0. The molecule has 0 aromatic heterocycles. The molecule has 11 N–H and O–H groups in total. The molecule has 7 fully saturated rings. The molecular formula is C45H74O18. The quantitative estimate of drug-likeness (QED) is 0.101. The predicted octanol–water partition coefficient (Wildman–Crippen LogP) is -0.830. The molecular weight excluding hydrogens is 828 g/mol. The summed E-state index contributed by atoms with van der Waals surface area (Å²) >= 11 is 0. The van der Waals surface area contributed by atoms with Crippen LogP contribution in [0.1, 0.15) is 91.9 Å². The molecule has 18 nitrogen and oxygen atoms in total. The highest BCUT2D eigenvalue weighted by Crippen LogP contribution is 2.70. The normalized spacial score (nSPS) is 52.7. The largest absolute Gasteiger partial charge is 0.494 e. The molecule has 8 rings (SSSR count). The number of hydrogen-bond acceptors (Lipinski definition) is 18. The molecule has 362 valence electrons. The van der Waals surface area contributed by atoms with Gasteiger partial charge in [-0.05, 0) is 111 Å². The Morgan fingerprint density at radius 3 is 1.87 bits per heavy atom. The lowest BCUT2D eigenvalue weighted by Gasteiger charge is -2.61. The molecule has 0 aromatic carbocycles. The van der Waals surface area contributed by atoms with Crippen LogP contribution in [0.4, 0.5) is 0 Å². The molecule has 4 aliphatic carbocycles. The van der Waals surface area contributed by atoms with Crippen molar-refractivity contribution in [1.82, 2.24) is 0 Å². The Hall–Kier alpha value is -1.14. The molecule has 8 aliphatic rings. The van der Waals surface area contributed by atoms with Crippen molar-refractivity contribution in [2.75, 3.05) is 26.4 Å². The van der Waals surface area contributed by atoms with Crippen molar-refractivity contribution in [3.8, 4) is 0 Å². The van der Waals surface area contributed by atoms with Gasteiger partial charge in [0.05, 0.1) is 38.3 Å². The maximum Gasteiger partial charge on any atom is 0.187 e. The average molecular weight is 903 g/mol. The molecule has 3 saturated heterocycles. The summed E-state index contributed by atoms with van der Waals surface area (Å²) in [5, 5.41) is 113. The maximum absolute atomic E-state index is 11.2. The van der Waals surface area contributed by atoms with Crippen molar-refractivity contribution >= 4 is 0 Å². The van der Waals surface area contributed by atoms with Crippen LogP contribution < -0.4 is 0 Å². The second-order valence-corrected chi connectivity index (χ2v) is 20.9. The van der Waals surface area contributed by atoms with Crippen LogP contribution >= 0.6 is 0 Å². The highest BCUT2D eigenvalue weighted by atomic mass is 16.8. The van der Waals surface area contributed by atoms with Gasteiger partial charge in [0, 0.05) is 12.3 Å². The van der Waals surface area contributed by atoms with Gasteiger partial charge in [0.15, 0.2) is 18.9 Å². The van der Waals surface area contributed by atoms with E-state index in [-0.39, 0.29) is 35.6 Å². The van der Waals surface area contributed by atoms with Gasteiger partial charge < -0.3 is 89.3 Å². The van der Waals surface area contributed by atoms with E-state index in [2.05, 4.69) is 27.7 Å². The van der Waals surface area contributed by atoms with Gasteiger partial charge >= 0.3 is 0 Å². The number of allylic oxidation sites excluding steroid dienone is 1. The molecule has 0 bridgehead atoms. The fourth-order valence-corrected chi connectivity index (χ4v) is 13.7. The summed E-state index contributed by atoms with van der Waals surface area (Å²) in [6, 6.07) is 0. The average Bonchev–Trinajstić information content (AvgIpc) is 3.76. The molecule has 4 heterocycles. The minimum atomic E-state index is -1.74. The zero-order valence-electron chi connectivity index (χ0n) is 37.0. The van der Waals surface area contributed by atoms with Crippen LogP contribution in [-0.2, 0) is 33.2 Å². The fraction of sp³-hybridized carbons (Fsp3) is 0.956. The SMILES string of the molecule is CC1=C(CC[C@@H](C)CO[C@H]2O[C@@H](CO)[C@H](O)[C@@H](O)[C@@H]2O)OC2CC3C4CC[C@H]5C[C@H](O[C@H]6O[C@@H](CO)[C@@H](O)[C@@H](O)[C@@H]6O[C@H]6O[C@@H](CO)[C@H](O)[C@@H](O)[C@@H]6O)CC[C@@]5(C)C4CC[C@@]3(C)C12. The van der Waals surface area contributed by atoms with Crippen LogP contribution in [-0.4, -0.2) is 187 Å². The summed E-state index contributed by atoms with van der Waals surface area (Å²) in [5.74, 6) is 3.56. The molecule has 5 unspecified atom stereocenters. The standard InChI is InChI=1S/C45H74O18/c1-19(18-57-41-38(55)35(52)32(49)28(15-46)60-41)5-8-26-20(2)31-27(59-26)14-25-23-7-6-21-13-22(9-11-44(21,3)24(23)10-12-45(25,31)4)58-43-40(37(54)34(51)30(17-48)62-43)63-42-39(56)36(53)33(50)29(16-47)61-42/h19,21-25,27-43,46-56H,5-18H2,1-4H3/t19-,21+,22-,23?,24?,25?,27?,28+,29+,30+,31?,32+,33+,34-,35-,36-,37-,38+,39+,40+,41+,42-,43+,44-,45-/m1/s1. The predicted molar refractivity (Wildman–Crippen MR) is 218 cm³/mol. The lowest BCUT2D eigenvalue weighted by atomic mass is 9.44. The Kier molecular flexibility index (Phi) is 14.6. The Morgan fingerprint density at radius 2 is 1.22 bits per heavy atom. The summed E-state index contributed by atoms with van der Waals surface area (Å²) in [7, 11) is 0. The minimum Gasteiger partial charge on any atom is -0.494 e. The van der Waals surface area contributed by atoms with Crippen molar-refractivity contribution in [1.29, 1.82) is 0 Å². The van der Waals surface area contributed by atoms with Gasteiger partial charge in [-0.15, -0.1) is 0 Å². The number of hydrogen-bond donors (Lipinski definition) is 11. The molecule has 25 atom stereocenters. The van der Waals surface area contributed by atoms with E-state index in [0.29, 0.717) is 29.6 Å². The van der Waals surface area contributed by atoms with Crippen molar-refractivity contribution in [3.05, 3.63) is 11.3 Å². The number of fused-ring (bicyclic) bond motifs is 7. The van der Waals surface area contributed by atoms with Gasteiger partial charge in [-0.2, -0.15) is 0 Å². The first kappa shape index (κ1) is 48.3. The smallest absolute Gasteiger partial charge is 0.187 e. The third-order valence-electron chi connectivity index (χ3n) is 17.4. The molecule has 0 radical (unpaired) electrons. The topological polar surface area (TPSA) is 287 Å². The molecule has 4 aliphatic heterocycles. The van der Waals surface area contributed by atoms with Crippen LogP contribution in [0, 0.1) is 46.3 Å². The van der Waals surface area contributed by atoms with Gasteiger partial charge in [-0.25, -0.2) is 0 Å². The molecule has 18 heteroatoms. The van der Waals surface area contributed by atoms with E-state index < -0.39 is 112 Å². The van der Waals surface area contributed by atoms with Gasteiger partial charge in [-0.3, -0.25) is 0 Å². The molecule has 63 heavy (non-hydrogen) atoms. The zero-order valence-corrected chi connectivity index (χ0v) is 37.0. The Balaban J connectivity index is 0.872. The fourth-order valence-electron chi connectivity index (χ4n) is 13.7. The van der Waals surface area contributed by atoms with Gasteiger partial charge in [-0.1, -0.05) is 20.8 Å². The van der Waals surface area contributed by atoms with E-state index >= 15 is 0 Å². The zero-order chi connectivity index (χ0) is 45.3. The van der Waals surface area contributed by atoms with E-state index in [9.17, 15) is 56.2 Å². The summed E-state index contributed by atoms with van der Waals surface area (Å²) in [6.07, 6.45) is -12.1. The van der Waals surface area contributed by atoms with Crippen LogP contribution in [0.2, 0.25) is 0 Å². The summed E-state index contributed by atoms with van der Waals surface area (Å²) < 4.78 is 42.2. The Bertz CT molecular complexity index is 1580. The van der Waals surface area contributed by atoms with Crippen molar-refractivity contribution < 1.29 is 89.3 Å². The van der Waals surface area contributed by atoms with Gasteiger partial charge in [0.25, 0.3) is 0 Å². The first-order valence-electron chi connectivity index (χ1n) is 23.5. The number of aliphatic hydroxyl groups is 11. The molecule has 0 amide bonds. The highest BCUT2D eigenvalue weighted by molar-refractivity contribution is 5.26. The van der Waals surface area contributed by atoms with Crippen molar-refractivity contribution in [2.24, 2.45) is 46.3 Å². The highest BCUT2D eigenvalue weighted by Gasteiger charge is 2.65. The number of aliphatic hydroxyl groups excluding tert-OH is 11. The van der Waals surface area contributed by atoms with Crippen molar-refractivity contribution in [3.63, 3.8) is 0 Å². The number of rotatable bonds is 13. The lowest BCUT2D eigenvalue weighted by Crippen LogP contribution is -2.65. The van der Waals surface area contributed by atoms with Crippen LogP contribution in [0.3, 0.4) is 0 Å². The van der Waals surface area contributed by atoms with E-state index in [0.717, 1.165) is 70.0 Å². The summed E-state index contributed by atoms with van der Waals surface area (Å²) in [6.45, 7) is 7.74. The maximum atomic E-state index is 11.2. The van der Waals surface area contributed by atoms with Crippen molar-refractivity contribution in [2.45, 2.75) is 196 Å². The molecule has 0 spiro atoms. The molecule has 0 aromatic rings. The van der Waals surface area contributed by atoms with Gasteiger partial charge in [0.2, 0.25) is 0 Å². The van der Waals surface area contributed by atoms with E-state index in [1.807, 2.05) is 0 Å². The first-order chi connectivity index (χ1) is 29.9.